The third-order valence-electron chi connectivity index (χ3n) is 3.23. The highest BCUT2D eigenvalue weighted by Crippen LogP contribution is 2.18. The molecule has 1 aromatic heterocycles. The van der Waals surface area contributed by atoms with Crippen LogP contribution in [0.3, 0.4) is 0 Å². The zero-order valence-electron chi connectivity index (χ0n) is 10.2. The van der Waals surface area contributed by atoms with Crippen molar-refractivity contribution in [2.24, 2.45) is 0 Å². The van der Waals surface area contributed by atoms with E-state index in [4.69, 9.17) is 5.11 Å². The van der Waals surface area contributed by atoms with Crippen molar-refractivity contribution in [2.45, 2.75) is 6.10 Å². The fraction of sp³-hybridized carbons (Fsp3) is 0.214. The van der Waals surface area contributed by atoms with Crippen molar-refractivity contribution >= 4 is 5.91 Å². The number of nitrogens with zero attached hydrogens (tertiary/aromatic N) is 2. The highest BCUT2D eigenvalue weighted by atomic mass is 19.1. The number of rotatable bonds is 2. The summed E-state index contributed by atoms with van der Waals surface area (Å²) in [5, 5.41) is 9.17. The summed E-state index contributed by atoms with van der Waals surface area (Å²) in [5.74, 6) is -0.689. The lowest BCUT2D eigenvalue weighted by atomic mass is 10.1. The minimum atomic E-state index is -0.451. The molecule has 0 radical (unpaired) electrons. The Kier molecular flexibility index (Phi) is 2.83. The van der Waals surface area contributed by atoms with Crippen molar-refractivity contribution < 1.29 is 14.3 Å². The van der Waals surface area contributed by atoms with E-state index in [1.807, 2.05) is 0 Å². The molecule has 0 aliphatic carbocycles. The molecule has 19 heavy (non-hydrogen) atoms. The largest absolute Gasteiger partial charge is 0.389 e. The number of benzene rings is 1. The molecule has 1 saturated heterocycles. The zero-order chi connectivity index (χ0) is 13.4. The van der Waals surface area contributed by atoms with Gasteiger partial charge in [0.05, 0.1) is 11.8 Å². The molecule has 1 aliphatic rings. The van der Waals surface area contributed by atoms with E-state index in [2.05, 4.69) is 0 Å². The Balaban J connectivity index is 1.85. The Hall–Kier alpha value is -2.14. The first kappa shape index (κ1) is 11.9. The molecule has 0 unspecified atom stereocenters. The molecule has 98 valence electrons. The fourth-order valence-corrected chi connectivity index (χ4v) is 2.15. The van der Waals surface area contributed by atoms with Crippen LogP contribution in [0.5, 0.6) is 0 Å². The number of hydrogen-bond acceptors (Lipinski definition) is 2. The van der Waals surface area contributed by atoms with Gasteiger partial charge in [0.15, 0.2) is 0 Å². The molecule has 0 bridgehead atoms. The van der Waals surface area contributed by atoms with Gasteiger partial charge in [-0.25, -0.2) is 4.39 Å². The maximum atomic E-state index is 14.0. The van der Waals surface area contributed by atoms with Gasteiger partial charge in [-0.15, -0.1) is 0 Å². The molecule has 3 rings (SSSR count). The second-order valence-electron chi connectivity index (χ2n) is 4.62. The van der Waals surface area contributed by atoms with Crippen LogP contribution in [0, 0.1) is 5.82 Å². The van der Waals surface area contributed by atoms with E-state index in [9.17, 15) is 9.18 Å². The molecule has 4 nitrogen and oxygen atoms in total. The maximum Gasteiger partial charge on any atom is 0.254 e. The average Bonchev–Trinajstić information content (AvgIpc) is 2.87. The van der Waals surface area contributed by atoms with Gasteiger partial charge >= 0.3 is 0 Å². The smallest absolute Gasteiger partial charge is 0.254 e. The third kappa shape index (κ3) is 2.13. The van der Waals surface area contributed by atoms with Crippen LogP contribution in [-0.2, 0) is 0 Å². The molecule has 1 amide bonds. The van der Waals surface area contributed by atoms with Crippen LogP contribution < -0.4 is 0 Å². The van der Waals surface area contributed by atoms with Crippen molar-refractivity contribution in [3.05, 3.63) is 54.1 Å². The molecule has 0 saturated carbocycles. The van der Waals surface area contributed by atoms with Crippen LogP contribution in [-0.4, -0.2) is 39.7 Å². The van der Waals surface area contributed by atoms with Crippen molar-refractivity contribution in [3.8, 4) is 5.69 Å². The number of aliphatic hydroxyl groups is 1. The highest BCUT2D eigenvalue weighted by molar-refractivity contribution is 5.95. The Morgan fingerprint density at radius 2 is 1.95 bits per heavy atom. The van der Waals surface area contributed by atoms with Crippen LogP contribution in [0.1, 0.15) is 10.4 Å². The Bertz CT molecular complexity index is 604. The lowest BCUT2D eigenvalue weighted by Gasteiger charge is -2.35. The van der Waals surface area contributed by atoms with Crippen molar-refractivity contribution in [2.75, 3.05) is 13.1 Å². The summed E-state index contributed by atoms with van der Waals surface area (Å²) in [6.45, 7) is 0.639. The van der Waals surface area contributed by atoms with E-state index in [1.54, 1.807) is 41.2 Å². The van der Waals surface area contributed by atoms with Crippen LogP contribution >= 0.6 is 0 Å². The quantitative estimate of drug-likeness (QED) is 0.888. The lowest BCUT2D eigenvalue weighted by molar-refractivity contribution is 0.00587. The first-order chi connectivity index (χ1) is 9.15. The van der Waals surface area contributed by atoms with E-state index in [0.717, 1.165) is 0 Å². The van der Waals surface area contributed by atoms with Crippen molar-refractivity contribution in [1.29, 1.82) is 0 Å². The van der Waals surface area contributed by atoms with Crippen LogP contribution in [0.2, 0.25) is 0 Å². The number of aliphatic hydroxyl groups excluding tert-OH is 1. The number of hydrogen-bond donors (Lipinski definition) is 1. The third-order valence-corrected chi connectivity index (χ3v) is 3.23. The SMILES string of the molecule is O=C(c1ccc(-n2cccc2)c(F)c1)N1CC(O)C1. The van der Waals surface area contributed by atoms with Gasteiger partial charge in [0.25, 0.3) is 5.91 Å². The summed E-state index contributed by atoms with van der Waals surface area (Å²) in [6, 6.07) is 8.03. The molecule has 1 aromatic carbocycles. The Morgan fingerprint density at radius 1 is 1.26 bits per heavy atom. The lowest BCUT2D eigenvalue weighted by Crippen LogP contribution is -2.53. The number of aromatic nitrogens is 1. The summed E-state index contributed by atoms with van der Waals surface area (Å²) in [4.78, 5) is 13.5. The summed E-state index contributed by atoms with van der Waals surface area (Å²) in [6.07, 6.45) is 3.03. The summed E-state index contributed by atoms with van der Waals surface area (Å²) in [5.41, 5.74) is 0.713. The first-order valence-corrected chi connectivity index (χ1v) is 6.05. The number of β-amino-alcohol motifs (C(OH)–C–C–N with tert-alkyl or cyclic N) is 1. The van der Waals surface area contributed by atoms with Gasteiger partial charge in [0, 0.05) is 31.0 Å². The van der Waals surface area contributed by atoms with Gasteiger partial charge in [-0.3, -0.25) is 4.79 Å². The highest BCUT2D eigenvalue weighted by Gasteiger charge is 2.29. The van der Waals surface area contributed by atoms with Gasteiger partial charge in [0.1, 0.15) is 5.82 Å². The number of likely N-dealkylation sites (tertiary alicyclic amines) is 1. The zero-order valence-corrected chi connectivity index (χ0v) is 10.2. The molecule has 1 N–H and O–H groups in total. The average molecular weight is 260 g/mol. The Morgan fingerprint density at radius 3 is 2.53 bits per heavy atom. The minimum Gasteiger partial charge on any atom is -0.389 e. The van der Waals surface area contributed by atoms with Gasteiger partial charge in [-0.05, 0) is 30.3 Å². The molecule has 0 spiro atoms. The number of amides is 1. The molecular formula is C14H13FN2O2. The summed E-state index contributed by atoms with van der Waals surface area (Å²) in [7, 11) is 0. The normalized spacial score (nSPS) is 15.4. The van der Waals surface area contributed by atoms with E-state index in [-0.39, 0.29) is 5.91 Å². The van der Waals surface area contributed by atoms with Crippen molar-refractivity contribution in [3.63, 3.8) is 0 Å². The number of halogens is 1. The van der Waals surface area contributed by atoms with E-state index in [1.165, 1.54) is 11.0 Å². The van der Waals surface area contributed by atoms with E-state index in [0.29, 0.717) is 24.3 Å². The van der Waals surface area contributed by atoms with Crippen LogP contribution in [0.4, 0.5) is 4.39 Å². The molecule has 0 atom stereocenters. The minimum absolute atomic E-state index is 0.247. The van der Waals surface area contributed by atoms with Gasteiger partial charge in [-0.2, -0.15) is 0 Å². The fourth-order valence-electron chi connectivity index (χ4n) is 2.15. The standard InChI is InChI=1S/C14H13FN2O2/c15-12-7-10(14(19)17-8-11(18)9-17)3-4-13(12)16-5-1-2-6-16/h1-7,11,18H,8-9H2. The van der Waals surface area contributed by atoms with Crippen molar-refractivity contribution in [1.82, 2.24) is 9.47 Å². The molecular weight excluding hydrogens is 247 g/mol. The predicted molar refractivity (Wildman–Crippen MR) is 67.6 cm³/mol. The summed E-state index contributed by atoms with van der Waals surface area (Å²) >= 11 is 0. The molecule has 5 heteroatoms. The van der Waals surface area contributed by atoms with Gasteiger partial charge in [0.2, 0.25) is 0 Å². The topological polar surface area (TPSA) is 45.5 Å². The van der Waals surface area contributed by atoms with E-state index < -0.39 is 11.9 Å². The monoisotopic (exact) mass is 260 g/mol. The van der Waals surface area contributed by atoms with Gasteiger partial charge in [-0.1, -0.05) is 0 Å². The number of carbonyl (C=O) groups is 1. The van der Waals surface area contributed by atoms with Gasteiger partial charge < -0.3 is 14.6 Å². The summed E-state index contributed by atoms with van der Waals surface area (Å²) < 4.78 is 15.6. The Labute approximate surface area is 109 Å². The second kappa shape index (κ2) is 4.51. The second-order valence-corrected chi connectivity index (χ2v) is 4.62. The van der Waals surface area contributed by atoms with Crippen LogP contribution in [0.25, 0.3) is 5.69 Å². The maximum absolute atomic E-state index is 14.0. The molecule has 1 aliphatic heterocycles. The van der Waals surface area contributed by atoms with E-state index >= 15 is 0 Å². The molecule has 2 aromatic rings. The number of carbonyl (C=O) groups excluding carboxylic acids is 1. The first-order valence-electron chi connectivity index (χ1n) is 6.05. The molecule has 1 fully saturated rings. The van der Waals surface area contributed by atoms with Crippen LogP contribution in [0.15, 0.2) is 42.7 Å². The predicted octanol–water partition coefficient (Wildman–Crippen LogP) is 1.43. The molecule has 2 heterocycles.